The number of fused-ring (bicyclic) bond motifs is 1. The summed E-state index contributed by atoms with van der Waals surface area (Å²) in [6.07, 6.45) is -0.962. The molecular weight excluding hydrogens is 577 g/mol. The van der Waals surface area contributed by atoms with Gasteiger partial charge in [-0.1, -0.05) is 44.9 Å². The Balaban J connectivity index is 1.55. The van der Waals surface area contributed by atoms with Gasteiger partial charge in [0.15, 0.2) is 5.82 Å². The van der Waals surface area contributed by atoms with Crippen LogP contribution in [0, 0.1) is 19.8 Å². The molecule has 1 fully saturated rings. The third kappa shape index (κ3) is 6.87. The van der Waals surface area contributed by atoms with Gasteiger partial charge >= 0.3 is 13.7 Å². The van der Waals surface area contributed by atoms with Crippen LogP contribution in [-0.4, -0.2) is 68.3 Å². The fraction of sp³-hybridized carbons (Fsp3) is 0.552. The van der Waals surface area contributed by atoms with E-state index >= 15 is 0 Å². The Hall–Kier alpha value is -3.06. The summed E-state index contributed by atoms with van der Waals surface area (Å²) in [5.41, 5.74) is 6.86. The summed E-state index contributed by atoms with van der Waals surface area (Å²) >= 11 is 0. The highest BCUT2D eigenvalue weighted by Gasteiger charge is 2.54. The van der Waals surface area contributed by atoms with Crippen LogP contribution in [0.15, 0.2) is 36.7 Å². The summed E-state index contributed by atoms with van der Waals surface area (Å²) in [6, 6.07) is 7.73. The van der Waals surface area contributed by atoms with Crippen molar-refractivity contribution in [1.82, 2.24) is 19.7 Å². The molecule has 1 saturated heterocycles. The Labute approximate surface area is 251 Å². The molecule has 0 spiro atoms. The molecule has 3 heterocycles. The van der Waals surface area contributed by atoms with Gasteiger partial charge in [0.2, 0.25) is 0 Å². The molecule has 6 atom stereocenters. The van der Waals surface area contributed by atoms with Gasteiger partial charge in [-0.25, -0.2) is 14.1 Å². The number of nitrogen functional groups attached to an aromatic ring is 1. The topological polar surface area (TPSA) is 180 Å². The molecule has 4 rings (SSSR count). The Morgan fingerprint density at radius 3 is 2.53 bits per heavy atom. The lowest BCUT2D eigenvalue weighted by molar-refractivity contribution is -0.146. The average Bonchev–Trinajstić information content (AvgIpc) is 3.51. The first-order valence-electron chi connectivity index (χ1n) is 14.4. The fourth-order valence-corrected chi connectivity index (χ4v) is 6.75. The molecule has 5 N–H and O–H groups in total. The number of rotatable bonds is 13. The van der Waals surface area contributed by atoms with Crippen molar-refractivity contribution in [2.24, 2.45) is 5.92 Å². The predicted octanol–water partition coefficient (Wildman–Crippen LogP) is 3.43. The van der Waals surface area contributed by atoms with Gasteiger partial charge in [-0.05, 0) is 56.9 Å². The molecule has 0 radical (unpaired) electrons. The van der Waals surface area contributed by atoms with Crippen LogP contribution in [0.5, 0.6) is 5.75 Å². The van der Waals surface area contributed by atoms with Gasteiger partial charge < -0.3 is 29.9 Å². The van der Waals surface area contributed by atoms with Crippen molar-refractivity contribution in [2.45, 2.75) is 84.3 Å². The largest absolute Gasteiger partial charge is 0.464 e. The molecule has 0 amide bonds. The first-order chi connectivity index (χ1) is 20.3. The number of aliphatic hydroxyl groups excluding tert-OH is 2. The second kappa shape index (κ2) is 13.3. The second-order valence-electron chi connectivity index (χ2n) is 11.1. The van der Waals surface area contributed by atoms with Gasteiger partial charge in [-0.3, -0.25) is 9.32 Å². The number of nitrogens with one attached hydrogen (secondary N) is 1. The van der Waals surface area contributed by atoms with Crippen LogP contribution in [0.3, 0.4) is 0 Å². The minimum Gasteiger partial charge on any atom is -0.464 e. The first-order valence-corrected chi connectivity index (χ1v) is 15.9. The molecule has 0 aliphatic carbocycles. The van der Waals surface area contributed by atoms with Crippen LogP contribution in [0.25, 0.3) is 5.52 Å². The van der Waals surface area contributed by atoms with E-state index in [1.807, 2.05) is 19.9 Å². The van der Waals surface area contributed by atoms with Crippen molar-refractivity contribution >= 4 is 25.1 Å². The average molecular weight is 620 g/mol. The van der Waals surface area contributed by atoms with E-state index in [2.05, 4.69) is 15.2 Å². The molecule has 3 aromatic rings. The SMILES string of the molecule is CCC(CC)COC(=O)[C@H](C)NP(=O)(OC[C@H]1O[C@@](C)(c2ccc3c(N)ncnn23)[C@H](O)[C@@H]1O)Oc1c(C)cccc1C. The van der Waals surface area contributed by atoms with Crippen molar-refractivity contribution in [3.8, 4) is 5.75 Å². The number of hydrogen-bond donors (Lipinski definition) is 4. The number of carbonyl (C=O) groups excluding carboxylic acids is 1. The number of para-hydroxylation sites is 1. The molecular formula is C29H42N5O8P. The van der Waals surface area contributed by atoms with Gasteiger partial charge in [0.05, 0.1) is 18.9 Å². The Kier molecular flexibility index (Phi) is 10.2. The lowest BCUT2D eigenvalue weighted by Gasteiger charge is -2.28. The quantitative estimate of drug-likeness (QED) is 0.162. The van der Waals surface area contributed by atoms with Crippen molar-refractivity contribution < 1.29 is 38.1 Å². The molecule has 43 heavy (non-hydrogen) atoms. The highest BCUT2D eigenvalue weighted by atomic mass is 31.2. The van der Waals surface area contributed by atoms with Crippen LogP contribution in [-0.2, 0) is 29.0 Å². The molecule has 1 aliphatic rings. The van der Waals surface area contributed by atoms with E-state index in [-0.39, 0.29) is 18.3 Å². The normalized spacial score (nSPS) is 24.3. The number of hydrogen-bond acceptors (Lipinski definition) is 11. The number of anilines is 1. The first kappa shape index (κ1) is 32.8. The van der Waals surface area contributed by atoms with Crippen LogP contribution in [0.2, 0.25) is 0 Å². The lowest BCUT2D eigenvalue weighted by atomic mass is 9.93. The number of aromatic nitrogens is 3. The Morgan fingerprint density at radius 1 is 1.21 bits per heavy atom. The standard InChI is InChI=1S/C29H42N5O8P/c1-7-20(8-2)14-39-28(37)19(5)33-43(38,42-25-17(3)10-9-11-18(25)4)40-15-22-24(35)26(36)29(6,41-22)23-13-12-21-27(30)31-16-32-34(21)23/h9-13,16,19-20,22,24,26,35-36H,7-8,14-15H2,1-6H3,(H,33,38)(H2,30,31,32)/t19-,22+,24+,26+,29-,43?/m0/s1. The number of nitrogens with zero attached hydrogens (tertiary/aromatic N) is 3. The molecule has 1 aliphatic heterocycles. The number of aryl methyl sites for hydroxylation is 2. The summed E-state index contributed by atoms with van der Waals surface area (Å²) in [5.74, 6) is 0.168. The minimum atomic E-state index is -4.28. The maximum Gasteiger partial charge on any atom is 0.459 e. The van der Waals surface area contributed by atoms with Gasteiger partial charge in [0.25, 0.3) is 0 Å². The number of esters is 1. The number of nitrogens with two attached hydrogens (primary N) is 1. The van der Waals surface area contributed by atoms with Crippen molar-refractivity contribution in [1.29, 1.82) is 0 Å². The Bertz CT molecular complexity index is 1460. The molecule has 1 aromatic carbocycles. The summed E-state index contributed by atoms with van der Waals surface area (Å²) in [4.78, 5) is 16.8. The van der Waals surface area contributed by atoms with E-state index in [9.17, 15) is 19.6 Å². The van der Waals surface area contributed by atoms with E-state index in [0.717, 1.165) is 12.8 Å². The van der Waals surface area contributed by atoms with E-state index in [1.165, 1.54) is 17.8 Å². The zero-order chi connectivity index (χ0) is 31.5. The monoisotopic (exact) mass is 619 g/mol. The molecule has 13 nitrogen and oxygen atoms in total. The number of carbonyl (C=O) groups is 1. The van der Waals surface area contributed by atoms with Gasteiger partial charge in [0.1, 0.15) is 47.5 Å². The number of aliphatic hydroxyl groups is 2. The molecule has 0 saturated carbocycles. The Morgan fingerprint density at radius 2 is 1.88 bits per heavy atom. The van der Waals surface area contributed by atoms with Crippen LogP contribution >= 0.6 is 7.75 Å². The highest BCUT2D eigenvalue weighted by molar-refractivity contribution is 7.52. The van der Waals surface area contributed by atoms with E-state index in [0.29, 0.717) is 28.1 Å². The zero-order valence-corrected chi connectivity index (χ0v) is 26.3. The highest BCUT2D eigenvalue weighted by Crippen LogP contribution is 2.48. The number of benzene rings is 1. The summed E-state index contributed by atoms with van der Waals surface area (Å²) in [7, 11) is -4.28. The maximum absolute atomic E-state index is 14.2. The van der Waals surface area contributed by atoms with Crippen molar-refractivity contribution in [3.63, 3.8) is 0 Å². The summed E-state index contributed by atoms with van der Waals surface area (Å²) in [6.45, 7) is 10.5. The third-order valence-electron chi connectivity index (χ3n) is 8.01. The molecule has 0 bridgehead atoms. The van der Waals surface area contributed by atoms with Gasteiger partial charge in [-0.2, -0.15) is 10.2 Å². The summed E-state index contributed by atoms with van der Waals surface area (Å²) in [5, 5.41) is 29.0. The minimum absolute atomic E-state index is 0.215. The van der Waals surface area contributed by atoms with Crippen LogP contribution in [0.4, 0.5) is 5.82 Å². The van der Waals surface area contributed by atoms with E-state index < -0.39 is 50.3 Å². The molecule has 14 heteroatoms. The van der Waals surface area contributed by atoms with Gasteiger partial charge in [-0.15, -0.1) is 0 Å². The maximum atomic E-state index is 14.2. The van der Waals surface area contributed by atoms with Gasteiger partial charge in [0, 0.05) is 0 Å². The number of ether oxygens (including phenoxy) is 2. The van der Waals surface area contributed by atoms with Crippen LogP contribution < -0.4 is 15.3 Å². The van der Waals surface area contributed by atoms with Crippen molar-refractivity contribution in [2.75, 3.05) is 18.9 Å². The van der Waals surface area contributed by atoms with E-state index in [4.69, 9.17) is 24.3 Å². The smallest absolute Gasteiger partial charge is 0.459 e. The fourth-order valence-electron chi connectivity index (χ4n) is 5.12. The van der Waals surface area contributed by atoms with Crippen molar-refractivity contribution in [3.05, 3.63) is 53.5 Å². The third-order valence-corrected chi connectivity index (χ3v) is 9.62. The zero-order valence-electron chi connectivity index (χ0n) is 25.4. The molecule has 1 unspecified atom stereocenters. The lowest BCUT2D eigenvalue weighted by Crippen LogP contribution is -2.40. The second-order valence-corrected chi connectivity index (χ2v) is 12.8. The van der Waals surface area contributed by atoms with Crippen LogP contribution in [0.1, 0.15) is 57.4 Å². The molecule has 2 aromatic heterocycles. The predicted molar refractivity (Wildman–Crippen MR) is 159 cm³/mol. The van der Waals surface area contributed by atoms with E-state index in [1.54, 1.807) is 45.0 Å². The summed E-state index contributed by atoms with van der Waals surface area (Å²) < 4.78 is 39.1. The molecule has 236 valence electrons.